The van der Waals surface area contributed by atoms with Gasteiger partial charge in [0.1, 0.15) is 5.82 Å². The lowest BCUT2D eigenvalue weighted by atomic mass is 9.95. The number of amides is 1. The fourth-order valence-electron chi connectivity index (χ4n) is 2.81. The SMILES string of the molecule is CCCN1CCC(C(=O)NCc2ccc(C)c(F)c2)CC1. The largest absolute Gasteiger partial charge is 0.352 e. The number of aryl methyl sites for hydroxylation is 1. The Labute approximate surface area is 126 Å². The number of piperidine rings is 1. The molecule has 1 aromatic carbocycles. The first-order valence-corrected chi connectivity index (χ1v) is 7.85. The van der Waals surface area contributed by atoms with Gasteiger partial charge in [-0.25, -0.2) is 4.39 Å². The van der Waals surface area contributed by atoms with Crippen molar-refractivity contribution in [2.75, 3.05) is 19.6 Å². The van der Waals surface area contributed by atoms with Crippen LogP contribution < -0.4 is 5.32 Å². The zero-order valence-electron chi connectivity index (χ0n) is 13.0. The van der Waals surface area contributed by atoms with Crippen molar-refractivity contribution in [3.8, 4) is 0 Å². The minimum absolute atomic E-state index is 0.104. The number of nitrogens with one attached hydrogen (secondary N) is 1. The van der Waals surface area contributed by atoms with E-state index < -0.39 is 0 Å². The summed E-state index contributed by atoms with van der Waals surface area (Å²) >= 11 is 0. The number of halogens is 1. The molecule has 1 fully saturated rings. The molecular formula is C17H25FN2O. The number of benzene rings is 1. The minimum Gasteiger partial charge on any atom is -0.352 e. The van der Waals surface area contributed by atoms with Crippen molar-refractivity contribution in [1.29, 1.82) is 0 Å². The highest BCUT2D eigenvalue weighted by Gasteiger charge is 2.24. The average molecular weight is 292 g/mol. The van der Waals surface area contributed by atoms with E-state index in [4.69, 9.17) is 0 Å². The van der Waals surface area contributed by atoms with Crippen LogP contribution >= 0.6 is 0 Å². The molecule has 1 aliphatic heterocycles. The molecule has 116 valence electrons. The number of carbonyl (C=O) groups excluding carboxylic acids is 1. The van der Waals surface area contributed by atoms with Crippen molar-refractivity contribution in [1.82, 2.24) is 10.2 Å². The van der Waals surface area contributed by atoms with Crippen LogP contribution in [0, 0.1) is 18.7 Å². The zero-order chi connectivity index (χ0) is 15.2. The molecule has 0 spiro atoms. The molecule has 1 heterocycles. The maximum atomic E-state index is 13.5. The molecule has 0 radical (unpaired) electrons. The van der Waals surface area contributed by atoms with Gasteiger partial charge in [-0.1, -0.05) is 19.1 Å². The van der Waals surface area contributed by atoms with E-state index in [0.29, 0.717) is 12.1 Å². The van der Waals surface area contributed by atoms with Crippen molar-refractivity contribution in [3.05, 3.63) is 35.1 Å². The molecule has 0 aromatic heterocycles. The Kier molecular flexibility index (Phi) is 5.74. The smallest absolute Gasteiger partial charge is 0.223 e. The molecule has 2 rings (SSSR count). The number of rotatable bonds is 5. The highest BCUT2D eigenvalue weighted by atomic mass is 19.1. The highest BCUT2D eigenvalue weighted by Crippen LogP contribution is 2.18. The lowest BCUT2D eigenvalue weighted by Gasteiger charge is -2.30. The summed E-state index contributed by atoms with van der Waals surface area (Å²) in [5.74, 6) is -0.00449. The molecule has 1 aliphatic rings. The number of nitrogens with zero attached hydrogens (tertiary/aromatic N) is 1. The van der Waals surface area contributed by atoms with Gasteiger partial charge in [-0.2, -0.15) is 0 Å². The summed E-state index contributed by atoms with van der Waals surface area (Å²) in [5, 5.41) is 2.94. The molecule has 1 saturated heterocycles. The summed E-state index contributed by atoms with van der Waals surface area (Å²) in [4.78, 5) is 14.6. The molecule has 1 aromatic rings. The van der Waals surface area contributed by atoms with Crippen LogP contribution in [0.2, 0.25) is 0 Å². The highest BCUT2D eigenvalue weighted by molar-refractivity contribution is 5.78. The van der Waals surface area contributed by atoms with E-state index >= 15 is 0 Å². The minimum atomic E-state index is -0.213. The van der Waals surface area contributed by atoms with Crippen LogP contribution in [0.15, 0.2) is 18.2 Å². The molecule has 21 heavy (non-hydrogen) atoms. The Balaban J connectivity index is 1.78. The van der Waals surface area contributed by atoms with E-state index in [-0.39, 0.29) is 17.6 Å². The summed E-state index contributed by atoms with van der Waals surface area (Å²) in [6, 6.07) is 5.11. The fraction of sp³-hybridized carbons (Fsp3) is 0.588. The van der Waals surface area contributed by atoms with Gasteiger partial charge in [-0.05, 0) is 63.0 Å². The van der Waals surface area contributed by atoms with Crippen molar-refractivity contribution in [2.45, 2.75) is 39.7 Å². The Morgan fingerprint density at radius 1 is 1.38 bits per heavy atom. The van der Waals surface area contributed by atoms with Gasteiger partial charge >= 0.3 is 0 Å². The van der Waals surface area contributed by atoms with E-state index in [9.17, 15) is 9.18 Å². The van der Waals surface area contributed by atoms with Gasteiger partial charge in [-0.3, -0.25) is 4.79 Å². The third-order valence-electron chi connectivity index (χ3n) is 4.20. The van der Waals surface area contributed by atoms with E-state index in [2.05, 4.69) is 17.1 Å². The van der Waals surface area contributed by atoms with Crippen molar-refractivity contribution in [2.24, 2.45) is 5.92 Å². The van der Waals surface area contributed by atoms with Crippen molar-refractivity contribution in [3.63, 3.8) is 0 Å². The average Bonchev–Trinajstić information content (AvgIpc) is 2.49. The van der Waals surface area contributed by atoms with Crippen molar-refractivity contribution >= 4 is 5.91 Å². The normalized spacial score (nSPS) is 16.9. The van der Waals surface area contributed by atoms with Crippen LogP contribution in [-0.2, 0) is 11.3 Å². The molecule has 3 nitrogen and oxygen atoms in total. The molecule has 0 saturated carbocycles. The molecule has 4 heteroatoms. The number of hydrogen-bond acceptors (Lipinski definition) is 2. The quantitative estimate of drug-likeness (QED) is 0.905. The lowest BCUT2D eigenvalue weighted by Crippen LogP contribution is -2.40. The Morgan fingerprint density at radius 2 is 2.10 bits per heavy atom. The van der Waals surface area contributed by atoms with Gasteiger partial charge < -0.3 is 10.2 Å². The number of hydrogen-bond donors (Lipinski definition) is 1. The predicted molar refractivity (Wildman–Crippen MR) is 82.4 cm³/mol. The lowest BCUT2D eigenvalue weighted by molar-refractivity contribution is -0.126. The van der Waals surface area contributed by atoms with E-state index in [1.165, 1.54) is 6.07 Å². The standard InChI is InChI=1S/C17H25FN2O/c1-3-8-20-9-6-15(7-10-20)17(21)19-12-14-5-4-13(2)16(18)11-14/h4-5,11,15H,3,6-10,12H2,1-2H3,(H,19,21). The first kappa shape index (κ1) is 16.0. The molecule has 0 atom stereocenters. The topological polar surface area (TPSA) is 32.3 Å². The second-order valence-electron chi connectivity index (χ2n) is 5.92. The second-order valence-corrected chi connectivity index (χ2v) is 5.92. The van der Waals surface area contributed by atoms with Gasteiger partial charge in [0, 0.05) is 12.5 Å². The van der Waals surface area contributed by atoms with Crippen LogP contribution in [0.5, 0.6) is 0 Å². The summed E-state index contributed by atoms with van der Waals surface area (Å²) in [5.41, 5.74) is 1.45. The maximum Gasteiger partial charge on any atom is 0.223 e. The summed E-state index contributed by atoms with van der Waals surface area (Å²) in [7, 11) is 0. The summed E-state index contributed by atoms with van der Waals surface area (Å²) < 4.78 is 13.5. The van der Waals surface area contributed by atoms with Crippen LogP contribution in [0.1, 0.15) is 37.3 Å². The van der Waals surface area contributed by atoms with E-state index in [1.54, 1.807) is 13.0 Å². The monoisotopic (exact) mass is 292 g/mol. The van der Waals surface area contributed by atoms with Gasteiger partial charge in [-0.15, -0.1) is 0 Å². The summed E-state index contributed by atoms with van der Waals surface area (Å²) in [6.45, 7) is 7.46. The third-order valence-corrected chi connectivity index (χ3v) is 4.20. The van der Waals surface area contributed by atoms with Crippen LogP contribution in [0.4, 0.5) is 4.39 Å². The van der Waals surface area contributed by atoms with Gasteiger partial charge in [0.2, 0.25) is 5.91 Å². The predicted octanol–water partition coefficient (Wildman–Crippen LogP) is 2.87. The van der Waals surface area contributed by atoms with Crippen LogP contribution in [0.25, 0.3) is 0 Å². The van der Waals surface area contributed by atoms with E-state index in [1.807, 2.05) is 6.07 Å². The zero-order valence-corrected chi connectivity index (χ0v) is 13.0. The Morgan fingerprint density at radius 3 is 2.71 bits per heavy atom. The molecule has 1 amide bonds. The molecule has 0 bridgehead atoms. The Hall–Kier alpha value is -1.42. The van der Waals surface area contributed by atoms with E-state index in [0.717, 1.165) is 44.5 Å². The molecule has 1 N–H and O–H groups in total. The number of carbonyl (C=O) groups is 1. The van der Waals surface area contributed by atoms with Crippen LogP contribution in [0.3, 0.4) is 0 Å². The first-order valence-electron chi connectivity index (χ1n) is 7.85. The van der Waals surface area contributed by atoms with Crippen molar-refractivity contribution < 1.29 is 9.18 Å². The molecule has 0 aliphatic carbocycles. The van der Waals surface area contributed by atoms with Gasteiger partial charge in [0.15, 0.2) is 0 Å². The van der Waals surface area contributed by atoms with Crippen LogP contribution in [-0.4, -0.2) is 30.4 Å². The maximum absolute atomic E-state index is 13.5. The molecule has 0 unspecified atom stereocenters. The Bertz CT molecular complexity index is 482. The molecular weight excluding hydrogens is 267 g/mol. The van der Waals surface area contributed by atoms with Gasteiger partial charge in [0.25, 0.3) is 0 Å². The fourth-order valence-corrected chi connectivity index (χ4v) is 2.81. The summed E-state index contributed by atoms with van der Waals surface area (Å²) in [6.07, 6.45) is 3.01. The number of likely N-dealkylation sites (tertiary alicyclic amines) is 1. The van der Waals surface area contributed by atoms with Gasteiger partial charge in [0.05, 0.1) is 0 Å². The second kappa shape index (κ2) is 7.55. The first-order chi connectivity index (χ1) is 10.1. The third kappa shape index (κ3) is 4.53.